The molecule has 3 aliphatic heterocycles. The smallest absolute Gasteiger partial charge is 0.190 e. The van der Waals surface area contributed by atoms with Gasteiger partial charge in [0.25, 0.3) is 0 Å². The predicted molar refractivity (Wildman–Crippen MR) is 78.1 cm³/mol. The lowest BCUT2D eigenvalue weighted by Gasteiger charge is -2.48. The fourth-order valence-corrected chi connectivity index (χ4v) is 3.47. The Kier molecular flexibility index (Phi) is 3.33. The molecule has 0 unspecified atom stereocenters. The van der Waals surface area contributed by atoms with Crippen LogP contribution < -0.4 is 0 Å². The summed E-state index contributed by atoms with van der Waals surface area (Å²) >= 11 is 0. The second-order valence-electron chi connectivity index (χ2n) is 6.71. The Morgan fingerprint density at radius 2 is 1.91 bits per heavy atom. The number of hydrogen-bond acceptors (Lipinski definition) is 5. The maximum Gasteiger partial charge on any atom is 0.190 e. The lowest BCUT2D eigenvalue weighted by molar-refractivity contribution is -0.323. The molecule has 5 nitrogen and oxygen atoms in total. The minimum Gasteiger partial charge on any atom is -0.372 e. The second kappa shape index (κ2) is 5.01. The summed E-state index contributed by atoms with van der Waals surface area (Å²) in [5, 5.41) is 0. The summed E-state index contributed by atoms with van der Waals surface area (Å²) < 4.78 is 29.8. The van der Waals surface area contributed by atoms with Gasteiger partial charge in [-0.25, -0.2) is 0 Å². The summed E-state index contributed by atoms with van der Waals surface area (Å²) in [6, 6.07) is 10.1. The third-order valence-electron chi connectivity index (χ3n) is 4.72. The predicted octanol–water partition coefficient (Wildman–Crippen LogP) is 2.24. The summed E-state index contributed by atoms with van der Waals surface area (Å²) in [4.78, 5) is 0. The molecule has 5 atom stereocenters. The van der Waals surface area contributed by atoms with Gasteiger partial charge in [-0.2, -0.15) is 0 Å². The number of hydrogen-bond donors (Lipinski definition) is 0. The van der Waals surface area contributed by atoms with Crippen molar-refractivity contribution >= 4 is 0 Å². The van der Waals surface area contributed by atoms with Crippen molar-refractivity contribution in [2.75, 3.05) is 6.61 Å². The molecule has 0 aromatic heterocycles. The molecule has 0 bridgehead atoms. The van der Waals surface area contributed by atoms with Crippen LogP contribution in [0.25, 0.3) is 0 Å². The molecule has 3 saturated heterocycles. The van der Waals surface area contributed by atoms with Crippen molar-refractivity contribution in [3.63, 3.8) is 0 Å². The van der Waals surface area contributed by atoms with Gasteiger partial charge in [0.05, 0.1) is 19.3 Å². The molecular weight excluding hydrogens is 284 g/mol. The molecule has 0 amide bonds. The van der Waals surface area contributed by atoms with Gasteiger partial charge < -0.3 is 23.7 Å². The van der Waals surface area contributed by atoms with Gasteiger partial charge in [0.1, 0.15) is 17.8 Å². The van der Waals surface area contributed by atoms with Crippen molar-refractivity contribution in [1.82, 2.24) is 0 Å². The number of ether oxygens (including phenoxy) is 5. The highest BCUT2D eigenvalue weighted by Gasteiger charge is 2.68. The lowest BCUT2D eigenvalue weighted by atomic mass is 9.86. The monoisotopic (exact) mass is 306 g/mol. The molecule has 1 spiro atoms. The summed E-state index contributed by atoms with van der Waals surface area (Å²) in [7, 11) is 0. The molecule has 0 saturated carbocycles. The Hall–Kier alpha value is -0.980. The maximum atomic E-state index is 6.21. The molecule has 3 fully saturated rings. The molecule has 120 valence electrons. The Morgan fingerprint density at radius 3 is 2.55 bits per heavy atom. The van der Waals surface area contributed by atoms with Gasteiger partial charge in [-0.15, -0.1) is 0 Å². The van der Waals surface area contributed by atoms with Crippen LogP contribution in [0.2, 0.25) is 0 Å². The fourth-order valence-electron chi connectivity index (χ4n) is 3.47. The van der Waals surface area contributed by atoms with Crippen molar-refractivity contribution in [3.05, 3.63) is 35.9 Å². The standard InChI is InChI=1S/C17H22O5/c1-11-17(10-19-11)14(18-9-12-7-5-4-6-8-12)13-15(22-17)21-16(2,3)20-13/h4-8,11,13-15H,9-10H2,1-3H3/t11-,13-,14-,15+,17+/m1/s1. The van der Waals surface area contributed by atoms with Crippen LogP contribution in [-0.4, -0.2) is 42.6 Å². The number of rotatable bonds is 3. The highest BCUT2D eigenvalue weighted by molar-refractivity contribution is 5.15. The zero-order chi connectivity index (χ0) is 15.4. The Bertz CT molecular complexity index is 545. The van der Waals surface area contributed by atoms with E-state index in [4.69, 9.17) is 23.7 Å². The van der Waals surface area contributed by atoms with Crippen LogP contribution in [-0.2, 0) is 30.3 Å². The van der Waals surface area contributed by atoms with E-state index in [1.165, 1.54) is 0 Å². The first-order valence-electron chi connectivity index (χ1n) is 7.81. The van der Waals surface area contributed by atoms with Gasteiger partial charge in [0, 0.05) is 0 Å². The van der Waals surface area contributed by atoms with Crippen molar-refractivity contribution in [1.29, 1.82) is 0 Å². The highest BCUT2D eigenvalue weighted by Crippen LogP contribution is 2.49. The zero-order valence-electron chi connectivity index (χ0n) is 13.2. The van der Waals surface area contributed by atoms with Crippen molar-refractivity contribution in [2.24, 2.45) is 0 Å². The topological polar surface area (TPSA) is 46.2 Å². The minimum atomic E-state index is -0.640. The molecule has 1 aromatic carbocycles. The number of benzene rings is 1. The van der Waals surface area contributed by atoms with E-state index >= 15 is 0 Å². The third-order valence-corrected chi connectivity index (χ3v) is 4.72. The first-order valence-corrected chi connectivity index (χ1v) is 7.81. The maximum absolute atomic E-state index is 6.21. The van der Waals surface area contributed by atoms with E-state index in [9.17, 15) is 0 Å². The fraction of sp³-hybridized carbons (Fsp3) is 0.647. The van der Waals surface area contributed by atoms with Gasteiger partial charge in [-0.1, -0.05) is 30.3 Å². The van der Waals surface area contributed by atoms with Crippen LogP contribution in [0.4, 0.5) is 0 Å². The summed E-state index contributed by atoms with van der Waals surface area (Å²) in [6.45, 7) is 6.85. The number of fused-ring (bicyclic) bond motifs is 1. The van der Waals surface area contributed by atoms with Crippen LogP contribution in [0.15, 0.2) is 30.3 Å². The van der Waals surface area contributed by atoms with Crippen molar-refractivity contribution in [2.45, 2.75) is 63.4 Å². The van der Waals surface area contributed by atoms with Crippen molar-refractivity contribution < 1.29 is 23.7 Å². The van der Waals surface area contributed by atoms with E-state index in [0.717, 1.165) is 5.56 Å². The summed E-state index contributed by atoms with van der Waals surface area (Å²) in [5.41, 5.74) is 0.674. The summed E-state index contributed by atoms with van der Waals surface area (Å²) in [6.07, 6.45) is -0.815. The van der Waals surface area contributed by atoms with E-state index in [-0.39, 0.29) is 24.6 Å². The van der Waals surface area contributed by atoms with E-state index in [1.54, 1.807) is 0 Å². The quantitative estimate of drug-likeness (QED) is 0.857. The average molecular weight is 306 g/mol. The van der Waals surface area contributed by atoms with E-state index < -0.39 is 11.4 Å². The van der Waals surface area contributed by atoms with Crippen LogP contribution >= 0.6 is 0 Å². The third kappa shape index (κ3) is 2.20. The lowest BCUT2D eigenvalue weighted by Crippen LogP contribution is -2.65. The largest absolute Gasteiger partial charge is 0.372 e. The van der Waals surface area contributed by atoms with Gasteiger partial charge in [-0.3, -0.25) is 0 Å². The molecule has 5 heteroatoms. The first kappa shape index (κ1) is 14.6. The van der Waals surface area contributed by atoms with Gasteiger partial charge in [0.15, 0.2) is 12.1 Å². The molecule has 4 rings (SSSR count). The summed E-state index contributed by atoms with van der Waals surface area (Å²) in [5.74, 6) is -0.640. The molecule has 0 N–H and O–H groups in total. The molecule has 1 aromatic rings. The molecular formula is C17H22O5. The second-order valence-corrected chi connectivity index (χ2v) is 6.71. The molecule has 0 aliphatic carbocycles. The zero-order valence-corrected chi connectivity index (χ0v) is 13.2. The van der Waals surface area contributed by atoms with Crippen LogP contribution in [0.1, 0.15) is 26.3 Å². The average Bonchev–Trinajstić information content (AvgIpc) is 2.95. The molecule has 0 radical (unpaired) electrons. The van der Waals surface area contributed by atoms with Gasteiger partial charge in [0.2, 0.25) is 0 Å². The van der Waals surface area contributed by atoms with Crippen LogP contribution in [0, 0.1) is 0 Å². The SMILES string of the molecule is C[C@H]1OC[C@]12O[C@@H]1OC(C)(C)O[C@@H]1[C@H]2OCc1ccccc1. The normalized spacial score (nSPS) is 42.3. The Morgan fingerprint density at radius 1 is 1.14 bits per heavy atom. The molecule has 3 heterocycles. The molecule has 22 heavy (non-hydrogen) atoms. The Labute approximate surface area is 130 Å². The minimum absolute atomic E-state index is 0.0193. The van der Waals surface area contributed by atoms with Crippen molar-refractivity contribution in [3.8, 4) is 0 Å². The highest BCUT2D eigenvalue weighted by atomic mass is 16.9. The van der Waals surface area contributed by atoms with E-state index in [2.05, 4.69) is 12.1 Å². The Balaban J connectivity index is 1.53. The van der Waals surface area contributed by atoms with Crippen LogP contribution in [0.3, 0.4) is 0 Å². The first-order chi connectivity index (χ1) is 10.5. The van der Waals surface area contributed by atoms with E-state index in [1.807, 2.05) is 39.0 Å². The van der Waals surface area contributed by atoms with E-state index in [0.29, 0.717) is 13.2 Å². The molecule has 3 aliphatic rings. The van der Waals surface area contributed by atoms with Crippen LogP contribution in [0.5, 0.6) is 0 Å². The van der Waals surface area contributed by atoms with Gasteiger partial charge in [-0.05, 0) is 26.3 Å². The van der Waals surface area contributed by atoms with Gasteiger partial charge >= 0.3 is 0 Å².